The predicted molar refractivity (Wildman–Crippen MR) is 104 cm³/mol. The molecule has 1 N–H and O–H groups in total. The Morgan fingerprint density at radius 3 is 2.52 bits per heavy atom. The van der Waals surface area contributed by atoms with E-state index < -0.39 is 27.8 Å². The van der Waals surface area contributed by atoms with Crippen molar-refractivity contribution in [2.24, 2.45) is 0 Å². The molecule has 1 aliphatic rings. The maximum absolute atomic E-state index is 14.6. The number of hydrogen-bond donors (Lipinski definition) is 1. The van der Waals surface area contributed by atoms with Crippen LogP contribution >= 0.6 is 0 Å². The Labute approximate surface area is 168 Å². The second-order valence-electron chi connectivity index (χ2n) is 6.44. The lowest BCUT2D eigenvalue weighted by molar-refractivity contribution is 0.0600. The molecular formula is C19H21F2N3O4S. The minimum atomic E-state index is -4.04. The number of esters is 1. The number of ether oxygens (including phenoxy) is 1. The highest BCUT2D eigenvalue weighted by Crippen LogP contribution is 2.25. The summed E-state index contributed by atoms with van der Waals surface area (Å²) in [4.78, 5) is 11.6. The maximum atomic E-state index is 14.6. The number of benzene rings is 2. The molecule has 0 bridgehead atoms. The summed E-state index contributed by atoms with van der Waals surface area (Å²) in [5.74, 6) is -2.07. The average Bonchev–Trinajstić information content (AvgIpc) is 2.72. The van der Waals surface area contributed by atoms with E-state index >= 15 is 0 Å². The molecule has 29 heavy (non-hydrogen) atoms. The van der Waals surface area contributed by atoms with Gasteiger partial charge in [0.25, 0.3) is 0 Å². The summed E-state index contributed by atoms with van der Waals surface area (Å²) in [7, 11) is -2.86. The molecule has 0 saturated carbocycles. The number of carbonyl (C=O) groups is 1. The van der Waals surface area contributed by atoms with Crippen molar-refractivity contribution in [1.82, 2.24) is 9.62 Å². The van der Waals surface area contributed by atoms with E-state index in [1.165, 1.54) is 41.7 Å². The SMILES string of the molecule is COC(=O)c1ccc(CN(c2cccc(F)c2)S(=O)(=O)N2CCNCC2)c(F)c1. The van der Waals surface area contributed by atoms with Crippen LogP contribution in [0.25, 0.3) is 0 Å². The zero-order chi connectivity index (χ0) is 21.0. The first kappa shape index (κ1) is 21.2. The van der Waals surface area contributed by atoms with Crippen molar-refractivity contribution in [3.05, 3.63) is 65.2 Å². The van der Waals surface area contributed by atoms with Gasteiger partial charge in [0.1, 0.15) is 11.6 Å². The van der Waals surface area contributed by atoms with Crippen LogP contribution < -0.4 is 9.62 Å². The Hall–Kier alpha value is -2.56. The fourth-order valence-corrected chi connectivity index (χ4v) is 4.63. The summed E-state index contributed by atoms with van der Waals surface area (Å²) in [6.45, 7) is 1.11. The molecule has 1 heterocycles. The Balaban J connectivity index is 1.99. The van der Waals surface area contributed by atoms with Gasteiger partial charge in [-0.1, -0.05) is 12.1 Å². The van der Waals surface area contributed by atoms with Gasteiger partial charge in [-0.05, 0) is 30.3 Å². The molecule has 0 radical (unpaired) electrons. The third-order valence-corrected chi connectivity index (χ3v) is 6.48. The number of nitrogens with one attached hydrogen (secondary N) is 1. The fourth-order valence-electron chi connectivity index (χ4n) is 3.03. The Kier molecular flexibility index (Phi) is 6.46. The van der Waals surface area contributed by atoms with E-state index in [1.807, 2.05) is 0 Å². The topological polar surface area (TPSA) is 79.0 Å². The van der Waals surface area contributed by atoms with E-state index in [4.69, 9.17) is 0 Å². The highest BCUT2D eigenvalue weighted by Gasteiger charge is 2.32. The van der Waals surface area contributed by atoms with Crippen molar-refractivity contribution in [2.45, 2.75) is 6.54 Å². The quantitative estimate of drug-likeness (QED) is 0.716. The van der Waals surface area contributed by atoms with E-state index in [0.29, 0.717) is 13.1 Å². The van der Waals surface area contributed by atoms with Gasteiger partial charge < -0.3 is 10.1 Å². The summed E-state index contributed by atoms with van der Waals surface area (Å²) >= 11 is 0. The molecule has 1 fully saturated rings. The summed E-state index contributed by atoms with van der Waals surface area (Å²) in [6.07, 6.45) is 0. The van der Waals surface area contributed by atoms with Gasteiger partial charge >= 0.3 is 16.2 Å². The van der Waals surface area contributed by atoms with Gasteiger partial charge in [0.2, 0.25) is 0 Å². The van der Waals surface area contributed by atoms with Gasteiger partial charge in [0.15, 0.2) is 0 Å². The first-order valence-corrected chi connectivity index (χ1v) is 10.3. The molecule has 3 rings (SSSR count). The van der Waals surface area contributed by atoms with Gasteiger partial charge in [0, 0.05) is 31.7 Å². The van der Waals surface area contributed by atoms with Crippen LogP contribution in [0.4, 0.5) is 14.5 Å². The lowest BCUT2D eigenvalue weighted by Gasteiger charge is -2.33. The van der Waals surface area contributed by atoms with E-state index in [0.717, 1.165) is 16.4 Å². The molecule has 0 spiro atoms. The number of halogens is 2. The number of rotatable bonds is 6. The van der Waals surface area contributed by atoms with Crippen LogP contribution in [0.2, 0.25) is 0 Å². The molecular weight excluding hydrogens is 404 g/mol. The first-order valence-electron chi connectivity index (χ1n) is 8.94. The van der Waals surface area contributed by atoms with Crippen molar-refractivity contribution in [1.29, 1.82) is 0 Å². The van der Waals surface area contributed by atoms with E-state index in [-0.39, 0.29) is 36.4 Å². The molecule has 2 aromatic carbocycles. The Morgan fingerprint density at radius 2 is 1.90 bits per heavy atom. The predicted octanol–water partition coefficient (Wildman–Crippen LogP) is 1.91. The van der Waals surface area contributed by atoms with Crippen LogP contribution in [0.5, 0.6) is 0 Å². The standard InChI is InChI=1S/C19H21F2N3O4S/c1-28-19(25)14-5-6-15(18(21)11-14)13-24(17-4-2-3-16(20)12-17)29(26,27)23-9-7-22-8-10-23/h2-6,11-12,22H,7-10,13H2,1H3. The van der Waals surface area contributed by atoms with Crippen LogP contribution in [-0.2, 0) is 21.5 Å². The molecule has 0 unspecified atom stereocenters. The van der Waals surface area contributed by atoms with Crippen molar-refractivity contribution < 1.29 is 26.7 Å². The van der Waals surface area contributed by atoms with Crippen LogP contribution in [0, 0.1) is 11.6 Å². The minimum absolute atomic E-state index is 0.0102. The first-order chi connectivity index (χ1) is 13.8. The lowest BCUT2D eigenvalue weighted by Crippen LogP contribution is -2.51. The zero-order valence-electron chi connectivity index (χ0n) is 15.8. The highest BCUT2D eigenvalue weighted by atomic mass is 32.2. The van der Waals surface area contributed by atoms with E-state index in [2.05, 4.69) is 10.1 Å². The largest absolute Gasteiger partial charge is 0.465 e. The molecule has 0 aliphatic carbocycles. The molecule has 2 aromatic rings. The third kappa shape index (κ3) is 4.72. The van der Waals surface area contributed by atoms with Gasteiger partial charge in [-0.25, -0.2) is 13.6 Å². The normalized spacial score (nSPS) is 15.1. The summed E-state index contributed by atoms with van der Waals surface area (Å²) in [6, 6.07) is 8.78. The van der Waals surface area contributed by atoms with Crippen LogP contribution in [0.3, 0.4) is 0 Å². The van der Waals surface area contributed by atoms with Gasteiger partial charge in [-0.2, -0.15) is 12.7 Å². The highest BCUT2D eigenvalue weighted by molar-refractivity contribution is 7.90. The number of nitrogens with zero attached hydrogens (tertiary/aromatic N) is 2. The number of methoxy groups -OCH3 is 1. The zero-order valence-corrected chi connectivity index (χ0v) is 16.6. The molecule has 156 valence electrons. The van der Waals surface area contributed by atoms with E-state index in [1.54, 1.807) is 0 Å². The lowest BCUT2D eigenvalue weighted by atomic mass is 10.1. The number of hydrogen-bond acceptors (Lipinski definition) is 5. The second kappa shape index (κ2) is 8.85. The molecule has 7 nitrogen and oxygen atoms in total. The number of piperazine rings is 1. The third-order valence-electron chi connectivity index (χ3n) is 4.57. The molecule has 0 aromatic heterocycles. The van der Waals surface area contributed by atoms with Crippen LogP contribution in [0.1, 0.15) is 15.9 Å². The minimum Gasteiger partial charge on any atom is -0.465 e. The fraction of sp³-hybridized carbons (Fsp3) is 0.316. The number of carbonyl (C=O) groups excluding carboxylic acids is 1. The Morgan fingerprint density at radius 1 is 1.17 bits per heavy atom. The summed E-state index contributed by atoms with van der Waals surface area (Å²) < 4.78 is 61.7. The van der Waals surface area contributed by atoms with Gasteiger partial charge in [-0.15, -0.1) is 0 Å². The second-order valence-corrected chi connectivity index (χ2v) is 8.29. The van der Waals surface area contributed by atoms with Gasteiger partial charge in [-0.3, -0.25) is 4.31 Å². The smallest absolute Gasteiger partial charge is 0.337 e. The average molecular weight is 425 g/mol. The number of anilines is 1. The molecule has 1 saturated heterocycles. The van der Waals surface area contributed by atoms with E-state index in [9.17, 15) is 22.0 Å². The van der Waals surface area contributed by atoms with Gasteiger partial charge in [0.05, 0.1) is 24.9 Å². The van der Waals surface area contributed by atoms with Crippen molar-refractivity contribution in [2.75, 3.05) is 37.6 Å². The maximum Gasteiger partial charge on any atom is 0.337 e. The molecule has 10 heteroatoms. The Bertz CT molecular complexity index is 995. The van der Waals surface area contributed by atoms with Crippen molar-refractivity contribution in [3.63, 3.8) is 0 Å². The summed E-state index contributed by atoms with van der Waals surface area (Å²) in [5.41, 5.74) is 0.136. The van der Waals surface area contributed by atoms with Crippen molar-refractivity contribution >= 4 is 21.9 Å². The molecule has 1 aliphatic heterocycles. The van der Waals surface area contributed by atoms with Crippen LogP contribution in [-0.4, -0.2) is 52.0 Å². The monoisotopic (exact) mass is 425 g/mol. The summed E-state index contributed by atoms with van der Waals surface area (Å²) in [5, 5.41) is 3.07. The van der Waals surface area contributed by atoms with Crippen molar-refractivity contribution in [3.8, 4) is 0 Å². The molecule has 0 amide bonds. The van der Waals surface area contributed by atoms with Crippen LogP contribution in [0.15, 0.2) is 42.5 Å². The molecule has 0 atom stereocenters.